The zero-order chi connectivity index (χ0) is 12.0. The van der Waals surface area contributed by atoms with Crippen molar-refractivity contribution >= 4 is 27.4 Å². The monoisotopic (exact) mass is 293 g/mol. The Hall–Kier alpha value is -1.03. The van der Waals surface area contributed by atoms with Gasteiger partial charge in [0.1, 0.15) is 11.5 Å². The Bertz CT molecular complexity index is 568. The first-order chi connectivity index (χ1) is 8.18. The predicted octanol–water partition coefficient (Wildman–Crippen LogP) is 3.65. The Morgan fingerprint density at radius 3 is 2.76 bits per heavy atom. The number of halogens is 1. The van der Waals surface area contributed by atoms with Gasteiger partial charge in [-0.15, -0.1) is 0 Å². The van der Waals surface area contributed by atoms with Crippen LogP contribution in [0.25, 0.3) is 5.65 Å². The number of nitrogen functional groups attached to an aromatic ring is 1. The van der Waals surface area contributed by atoms with Crippen molar-refractivity contribution in [1.29, 1.82) is 0 Å². The standard InChI is InChI=1S/C13H16BrN3/c1-8-10(14)6-7-11-16-12(13(15)17(8)11)9-4-2-3-5-9/h6-7,9H,2-5,15H2,1H3. The van der Waals surface area contributed by atoms with Crippen LogP contribution in [0, 0.1) is 6.92 Å². The summed E-state index contributed by atoms with van der Waals surface area (Å²) in [5, 5.41) is 0. The van der Waals surface area contributed by atoms with Gasteiger partial charge < -0.3 is 5.73 Å². The van der Waals surface area contributed by atoms with Crippen molar-refractivity contribution in [1.82, 2.24) is 9.38 Å². The highest BCUT2D eigenvalue weighted by atomic mass is 79.9. The Morgan fingerprint density at radius 1 is 1.35 bits per heavy atom. The summed E-state index contributed by atoms with van der Waals surface area (Å²) in [6, 6.07) is 4.06. The van der Waals surface area contributed by atoms with Crippen molar-refractivity contribution in [2.24, 2.45) is 0 Å². The number of anilines is 1. The molecule has 0 bridgehead atoms. The Morgan fingerprint density at radius 2 is 2.06 bits per heavy atom. The van der Waals surface area contributed by atoms with E-state index >= 15 is 0 Å². The minimum Gasteiger partial charge on any atom is -0.383 e. The van der Waals surface area contributed by atoms with E-state index in [2.05, 4.69) is 27.3 Å². The summed E-state index contributed by atoms with van der Waals surface area (Å²) < 4.78 is 3.13. The summed E-state index contributed by atoms with van der Waals surface area (Å²) >= 11 is 3.54. The number of aryl methyl sites for hydroxylation is 1. The van der Waals surface area contributed by atoms with E-state index in [9.17, 15) is 0 Å². The molecule has 2 aromatic rings. The fourth-order valence-corrected chi connectivity index (χ4v) is 3.12. The van der Waals surface area contributed by atoms with Gasteiger partial charge in [-0.1, -0.05) is 12.8 Å². The highest BCUT2D eigenvalue weighted by molar-refractivity contribution is 9.10. The van der Waals surface area contributed by atoms with Gasteiger partial charge in [-0.25, -0.2) is 4.98 Å². The molecule has 17 heavy (non-hydrogen) atoms. The summed E-state index contributed by atoms with van der Waals surface area (Å²) in [6.45, 7) is 2.06. The summed E-state index contributed by atoms with van der Waals surface area (Å²) in [5.74, 6) is 1.39. The molecule has 0 unspecified atom stereocenters. The minimum atomic E-state index is 0.563. The van der Waals surface area contributed by atoms with Crippen LogP contribution in [0.4, 0.5) is 5.82 Å². The van der Waals surface area contributed by atoms with Crippen molar-refractivity contribution in [2.45, 2.75) is 38.5 Å². The van der Waals surface area contributed by atoms with Crippen LogP contribution in [-0.2, 0) is 0 Å². The Labute approximate surface area is 109 Å². The first-order valence-electron chi connectivity index (χ1n) is 6.11. The van der Waals surface area contributed by atoms with E-state index < -0.39 is 0 Å². The smallest absolute Gasteiger partial charge is 0.138 e. The number of hydrogen-bond donors (Lipinski definition) is 1. The molecule has 90 valence electrons. The van der Waals surface area contributed by atoms with Crippen LogP contribution in [-0.4, -0.2) is 9.38 Å². The molecule has 3 nitrogen and oxygen atoms in total. The van der Waals surface area contributed by atoms with Gasteiger partial charge in [0.25, 0.3) is 0 Å². The maximum Gasteiger partial charge on any atom is 0.138 e. The first-order valence-corrected chi connectivity index (χ1v) is 6.90. The van der Waals surface area contributed by atoms with E-state index in [0.717, 1.165) is 27.3 Å². The molecular weight excluding hydrogens is 278 g/mol. The first kappa shape index (κ1) is 11.1. The van der Waals surface area contributed by atoms with E-state index in [1.54, 1.807) is 0 Å². The third-order valence-electron chi connectivity index (χ3n) is 3.77. The second-order valence-corrected chi connectivity index (χ2v) is 5.68. The average Bonchev–Trinajstić information content (AvgIpc) is 2.91. The molecule has 1 fully saturated rings. The summed E-state index contributed by atoms with van der Waals surface area (Å²) in [4.78, 5) is 4.71. The molecule has 1 saturated carbocycles. The van der Waals surface area contributed by atoms with Crippen LogP contribution >= 0.6 is 15.9 Å². The second-order valence-electron chi connectivity index (χ2n) is 4.82. The van der Waals surface area contributed by atoms with Gasteiger partial charge in [0, 0.05) is 16.1 Å². The molecule has 0 saturated heterocycles. The Kier molecular flexibility index (Phi) is 2.62. The lowest BCUT2D eigenvalue weighted by atomic mass is 10.0. The number of nitrogens with zero attached hydrogens (tertiary/aromatic N) is 2. The molecule has 4 heteroatoms. The van der Waals surface area contributed by atoms with Crippen molar-refractivity contribution < 1.29 is 0 Å². The van der Waals surface area contributed by atoms with Gasteiger partial charge in [0.05, 0.1) is 5.69 Å². The zero-order valence-electron chi connectivity index (χ0n) is 9.91. The average molecular weight is 294 g/mol. The highest BCUT2D eigenvalue weighted by Crippen LogP contribution is 2.37. The zero-order valence-corrected chi connectivity index (χ0v) is 11.5. The SMILES string of the molecule is Cc1c(Br)ccc2nc(C3CCCC3)c(N)n12. The van der Waals surface area contributed by atoms with Crippen molar-refractivity contribution in [3.8, 4) is 0 Å². The van der Waals surface area contributed by atoms with Crippen molar-refractivity contribution in [3.63, 3.8) is 0 Å². The number of imidazole rings is 1. The molecule has 1 aliphatic rings. The molecule has 0 radical (unpaired) electrons. The largest absolute Gasteiger partial charge is 0.383 e. The van der Waals surface area contributed by atoms with E-state index in [1.807, 2.05) is 12.1 Å². The van der Waals surface area contributed by atoms with E-state index in [0.29, 0.717) is 5.92 Å². The lowest BCUT2D eigenvalue weighted by molar-refractivity contribution is 0.706. The van der Waals surface area contributed by atoms with Gasteiger partial charge in [-0.2, -0.15) is 0 Å². The third kappa shape index (κ3) is 1.66. The lowest BCUT2D eigenvalue weighted by Crippen LogP contribution is -2.02. The van der Waals surface area contributed by atoms with Crippen LogP contribution < -0.4 is 5.73 Å². The molecule has 1 aliphatic carbocycles. The fourth-order valence-electron chi connectivity index (χ4n) is 2.81. The van der Waals surface area contributed by atoms with Gasteiger partial charge in [-0.3, -0.25) is 4.40 Å². The maximum absolute atomic E-state index is 6.27. The molecule has 0 atom stereocenters. The second kappa shape index (κ2) is 4.02. The summed E-state index contributed by atoms with van der Waals surface area (Å²) in [5.41, 5.74) is 9.45. The van der Waals surface area contributed by atoms with E-state index in [-0.39, 0.29) is 0 Å². The lowest BCUT2D eigenvalue weighted by Gasteiger charge is -2.07. The van der Waals surface area contributed by atoms with Gasteiger partial charge >= 0.3 is 0 Å². The van der Waals surface area contributed by atoms with Crippen LogP contribution in [0.5, 0.6) is 0 Å². The van der Waals surface area contributed by atoms with Crippen LogP contribution in [0.1, 0.15) is 43.0 Å². The number of nitrogens with two attached hydrogens (primary N) is 1. The molecule has 3 rings (SSSR count). The number of pyridine rings is 1. The Balaban J connectivity index is 2.21. The van der Waals surface area contributed by atoms with Crippen LogP contribution in [0.2, 0.25) is 0 Å². The summed E-state index contributed by atoms with van der Waals surface area (Å²) in [7, 11) is 0. The van der Waals surface area contributed by atoms with E-state index in [1.165, 1.54) is 25.7 Å². The predicted molar refractivity (Wildman–Crippen MR) is 73.3 cm³/mol. The normalized spacial score (nSPS) is 17.1. The van der Waals surface area contributed by atoms with Gasteiger partial charge in [0.15, 0.2) is 0 Å². The number of fused-ring (bicyclic) bond motifs is 1. The number of aromatic nitrogens is 2. The minimum absolute atomic E-state index is 0.563. The third-order valence-corrected chi connectivity index (χ3v) is 4.61. The topological polar surface area (TPSA) is 43.3 Å². The molecular formula is C13H16BrN3. The van der Waals surface area contributed by atoms with Crippen molar-refractivity contribution in [3.05, 3.63) is 28.0 Å². The van der Waals surface area contributed by atoms with Crippen LogP contribution in [0.3, 0.4) is 0 Å². The quantitative estimate of drug-likeness (QED) is 0.872. The molecule has 2 aromatic heterocycles. The maximum atomic E-state index is 6.27. The number of hydrogen-bond acceptors (Lipinski definition) is 2. The molecule has 0 aromatic carbocycles. The molecule has 0 aliphatic heterocycles. The van der Waals surface area contributed by atoms with Crippen LogP contribution in [0.15, 0.2) is 16.6 Å². The molecule has 2 N–H and O–H groups in total. The fraction of sp³-hybridized carbons (Fsp3) is 0.462. The molecule has 2 heterocycles. The van der Waals surface area contributed by atoms with Gasteiger partial charge in [-0.05, 0) is 47.8 Å². The van der Waals surface area contributed by atoms with Gasteiger partial charge in [0.2, 0.25) is 0 Å². The number of rotatable bonds is 1. The molecule has 0 amide bonds. The highest BCUT2D eigenvalue weighted by Gasteiger charge is 2.23. The molecule has 0 spiro atoms. The van der Waals surface area contributed by atoms with E-state index in [4.69, 9.17) is 10.7 Å². The van der Waals surface area contributed by atoms with Crippen molar-refractivity contribution in [2.75, 3.05) is 5.73 Å². The summed E-state index contributed by atoms with van der Waals surface area (Å²) in [6.07, 6.45) is 5.07.